The van der Waals surface area contributed by atoms with Crippen molar-refractivity contribution in [1.29, 1.82) is 0 Å². The highest BCUT2D eigenvalue weighted by molar-refractivity contribution is 5.83. The fourth-order valence-electron chi connectivity index (χ4n) is 4.76. The molecule has 1 heterocycles. The third kappa shape index (κ3) is 5.20. The van der Waals surface area contributed by atoms with Crippen molar-refractivity contribution in [2.75, 3.05) is 6.54 Å². The van der Waals surface area contributed by atoms with Gasteiger partial charge >= 0.3 is 0 Å². The van der Waals surface area contributed by atoms with Gasteiger partial charge in [0.1, 0.15) is 23.3 Å². The van der Waals surface area contributed by atoms with Crippen LogP contribution in [0, 0.1) is 0 Å². The Bertz CT molecular complexity index is 1200. The molecular weight excluding hydrogens is 426 g/mol. The quantitative estimate of drug-likeness (QED) is 0.387. The minimum absolute atomic E-state index is 0.0377. The van der Waals surface area contributed by atoms with Gasteiger partial charge in [-0.3, -0.25) is 9.69 Å². The van der Waals surface area contributed by atoms with Gasteiger partial charge in [0, 0.05) is 19.1 Å². The monoisotopic (exact) mass is 461 g/mol. The molecule has 0 bridgehead atoms. The van der Waals surface area contributed by atoms with Crippen molar-refractivity contribution in [2.24, 2.45) is 0 Å². The average molecular weight is 462 g/mol. The van der Waals surface area contributed by atoms with Crippen LogP contribution in [-0.4, -0.2) is 22.6 Å². The second-order valence-electron chi connectivity index (χ2n) is 10.3. The zero-order valence-corrected chi connectivity index (χ0v) is 20.5. The van der Waals surface area contributed by atoms with Crippen LogP contribution in [0.1, 0.15) is 64.0 Å². The van der Waals surface area contributed by atoms with E-state index in [9.17, 15) is 9.90 Å². The topological polar surface area (TPSA) is 62.9 Å². The summed E-state index contributed by atoms with van der Waals surface area (Å²) in [6, 6.07) is 11.4. The van der Waals surface area contributed by atoms with Crippen molar-refractivity contribution in [3.8, 4) is 17.2 Å². The maximum atomic E-state index is 13.2. The number of aromatic hydroxyl groups is 1. The number of ether oxygens (including phenoxy) is 1. The summed E-state index contributed by atoms with van der Waals surface area (Å²) in [5, 5.41) is 11.1. The normalized spacial score (nSPS) is 15.1. The molecule has 0 unspecified atom stereocenters. The predicted octanol–water partition coefficient (Wildman–Crippen LogP) is 6.91. The highest BCUT2D eigenvalue weighted by Gasteiger charge is 2.24. The Balaban J connectivity index is 1.64. The number of phenols is 1. The van der Waals surface area contributed by atoms with Crippen molar-refractivity contribution in [2.45, 2.75) is 70.9 Å². The first-order valence-corrected chi connectivity index (χ1v) is 12.2. The molecule has 3 aromatic rings. The van der Waals surface area contributed by atoms with Crippen molar-refractivity contribution < 1.29 is 14.3 Å². The number of hydrogen-bond donors (Lipinski definition) is 1. The first kappa shape index (κ1) is 24.1. The van der Waals surface area contributed by atoms with Crippen LogP contribution >= 0.6 is 0 Å². The van der Waals surface area contributed by atoms with E-state index >= 15 is 0 Å². The Morgan fingerprint density at radius 1 is 1.12 bits per heavy atom. The Labute approximate surface area is 201 Å². The SMILES string of the molecule is C=CCN(Cc1c(O)ccc2c(=O)c(Oc3ccc(C(C)(C)C)cc3)coc12)C1CCCCC1. The van der Waals surface area contributed by atoms with Crippen LogP contribution in [0.15, 0.2) is 64.5 Å². The molecule has 5 heteroatoms. The third-order valence-electron chi connectivity index (χ3n) is 6.75. The summed E-state index contributed by atoms with van der Waals surface area (Å²) in [5.74, 6) is 0.836. The average Bonchev–Trinajstić information content (AvgIpc) is 2.82. The van der Waals surface area contributed by atoms with Crippen molar-refractivity contribution in [1.82, 2.24) is 4.90 Å². The number of rotatable bonds is 7. The standard InChI is InChI=1S/C29H35NO4/c1-5-17-30(21-9-7-6-8-10-21)18-24-25(31)16-15-23-27(32)26(19-33-28(23)24)34-22-13-11-20(12-14-22)29(2,3)4/h5,11-16,19,21,31H,1,6-10,17-18H2,2-4H3. The molecule has 1 aromatic heterocycles. The lowest BCUT2D eigenvalue weighted by molar-refractivity contribution is 0.163. The number of benzene rings is 2. The molecule has 0 spiro atoms. The molecule has 1 aliphatic carbocycles. The lowest BCUT2D eigenvalue weighted by atomic mass is 9.87. The molecule has 180 valence electrons. The lowest BCUT2D eigenvalue weighted by Gasteiger charge is -2.33. The van der Waals surface area contributed by atoms with Crippen LogP contribution in [0.25, 0.3) is 11.0 Å². The van der Waals surface area contributed by atoms with E-state index in [1.54, 1.807) is 12.1 Å². The predicted molar refractivity (Wildman–Crippen MR) is 137 cm³/mol. The molecule has 1 fully saturated rings. The van der Waals surface area contributed by atoms with Gasteiger partial charge in [-0.2, -0.15) is 0 Å². The summed E-state index contributed by atoms with van der Waals surface area (Å²) >= 11 is 0. The summed E-state index contributed by atoms with van der Waals surface area (Å²) in [5.41, 5.74) is 2.01. The highest BCUT2D eigenvalue weighted by Crippen LogP contribution is 2.32. The fourth-order valence-corrected chi connectivity index (χ4v) is 4.76. The van der Waals surface area contributed by atoms with E-state index in [-0.39, 0.29) is 22.3 Å². The zero-order valence-electron chi connectivity index (χ0n) is 20.5. The first-order chi connectivity index (χ1) is 16.3. The second kappa shape index (κ2) is 10.1. The van der Waals surface area contributed by atoms with Crippen LogP contribution in [-0.2, 0) is 12.0 Å². The van der Waals surface area contributed by atoms with E-state index in [0.29, 0.717) is 34.9 Å². The van der Waals surface area contributed by atoms with E-state index in [2.05, 4.69) is 32.3 Å². The lowest BCUT2D eigenvalue weighted by Crippen LogP contribution is -2.36. The van der Waals surface area contributed by atoms with Crippen LogP contribution in [0.4, 0.5) is 0 Å². The van der Waals surface area contributed by atoms with Gasteiger partial charge in [-0.25, -0.2) is 0 Å². The minimum atomic E-state index is -0.254. The summed E-state index contributed by atoms with van der Waals surface area (Å²) in [7, 11) is 0. The molecule has 34 heavy (non-hydrogen) atoms. The van der Waals surface area contributed by atoms with Gasteiger partial charge in [-0.1, -0.05) is 58.2 Å². The highest BCUT2D eigenvalue weighted by atomic mass is 16.5. The van der Waals surface area contributed by atoms with E-state index in [1.807, 2.05) is 30.3 Å². The molecule has 2 aromatic carbocycles. The zero-order chi connectivity index (χ0) is 24.3. The first-order valence-electron chi connectivity index (χ1n) is 12.2. The van der Waals surface area contributed by atoms with E-state index < -0.39 is 0 Å². The number of nitrogens with zero attached hydrogens (tertiary/aromatic N) is 1. The second-order valence-corrected chi connectivity index (χ2v) is 10.3. The van der Waals surface area contributed by atoms with E-state index in [4.69, 9.17) is 9.15 Å². The largest absolute Gasteiger partial charge is 0.507 e. The fraction of sp³-hybridized carbons (Fsp3) is 0.414. The number of phenolic OH excluding ortho intramolecular Hbond substituents is 1. The summed E-state index contributed by atoms with van der Waals surface area (Å²) in [6.45, 7) is 11.6. The van der Waals surface area contributed by atoms with Crippen LogP contribution in [0.5, 0.6) is 17.2 Å². The van der Waals surface area contributed by atoms with E-state index in [1.165, 1.54) is 31.1 Å². The van der Waals surface area contributed by atoms with Gasteiger partial charge in [0.05, 0.1) is 10.9 Å². The molecule has 1 saturated carbocycles. The Morgan fingerprint density at radius 3 is 2.47 bits per heavy atom. The van der Waals surface area contributed by atoms with E-state index in [0.717, 1.165) is 19.4 Å². The molecular formula is C29H35NO4. The van der Waals surface area contributed by atoms with Crippen molar-refractivity contribution in [3.63, 3.8) is 0 Å². The van der Waals surface area contributed by atoms with Crippen LogP contribution in [0.3, 0.4) is 0 Å². The molecule has 1 aliphatic rings. The Morgan fingerprint density at radius 2 is 1.82 bits per heavy atom. The molecule has 4 rings (SSSR count). The minimum Gasteiger partial charge on any atom is -0.507 e. The third-order valence-corrected chi connectivity index (χ3v) is 6.75. The smallest absolute Gasteiger partial charge is 0.235 e. The van der Waals surface area contributed by atoms with Gasteiger partial charge in [-0.05, 0) is 48.1 Å². The summed E-state index contributed by atoms with van der Waals surface area (Å²) in [4.78, 5) is 15.6. The van der Waals surface area contributed by atoms with Crippen molar-refractivity contribution >= 4 is 11.0 Å². The molecule has 0 saturated heterocycles. The molecule has 0 amide bonds. The van der Waals surface area contributed by atoms with Gasteiger partial charge in [-0.15, -0.1) is 6.58 Å². The molecule has 0 aliphatic heterocycles. The Hall–Kier alpha value is -3.05. The van der Waals surface area contributed by atoms with Crippen LogP contribution in [0.2, 0.25) is 0 Å². The summed E-state index contributed by atoms with van der Waals surface area (Å²) < 4.78 is 11.8. The maximum Gasteiger partial charge on any atom is 0.235 e. The van der Waals surface area contributed by atoms with Gasteiger partial charge in [0.15, 0.2) is 0 Å². The van der Waals surface area contributed by atoms with Gasteiger partial charge < -0.3 is 14.3 Å². The van der Waals surface area contributed by atoms with Gasteiger partial charge in [0.25, 0.3) is 0 Å². The maximum absolute atomic E-state index is 13.2. The van der Waals surface area contributed by atoms with Gasteiger partial charge in [0.2, 0.25) is 11.2 Å². The Kier molecular flexibility index (Phi) is 7.13. The summed E-state index contributed by atoms with van der Waals surface area (Å²) in [6.07, 6.45) is 9.21. The molecule has 0 radical (unpaired) electrons. The van der Waals surface area contributed by atoms with Crippen LogP contribution < -0.4 is 10.2 Å². The van der Waals surface area contributed by atoms with Crippen molar-refractivity contribution in [3.05, 3.63) is 76.7 Å². The molecule has 1 N–H and O–H groups in total. The molecule has 5 nitrogen and oxygen atoms in total. The number of fused-ring (bicyclic) bond motifs is 1. The number of hydrogen-bond acceptors (Lipinski definition) is 5. The molecule has 0 atom stereocenters.